The molecule has 5 nitrogen and oxygen atoms in total. The molecule has 142 valence electrons. The monoisotopic (exact) mass is 384 g/mol. The number of carbonyl (C=O) groups is 1. The molecule has 0 aliphatic carbocycles. The summed E-state index contributed by atoms with van der Waals surface area (Å²) in [5.41, 5.74) is 8.82. The molecule has 0 bridgehead atoms. The molecular weight excluding hydrogens is 360 g/mol. The lowest BCUT2D eigenvalue weighted by Gasteiger charge is -2.41. The normalized spacial score (nSPS) is 26.3. The van der Waals surface area contributed by atoms with Crippen LogP contribution in [0.2, 0.25) is 5.02 Å². The minimum Gasteiger partial charge on any atom is -0.332 e. The number of halogens is 1. The summed E-state index contributed by atoms with van der Waals surface area (Å²) in [5.74, 6) is 0.168. The molecule has 2 aromatic carbocycles. The fourth-order valence-corrected chi connectivity index (χ4v) is 4.10. The van der Waals surface area contributed by atoms with Gasteiger partial charge in [0.05, 0.1) is 6.04 Å². The van der Waals surface area contributed by atoms with E-state index in [-0.39, 0.29) is 24.0 Å². The molecule has 0 aromatic heterocycles. The van der Waals surface area contributed by atoms with Gasteiger partial charge in [-0.15, -0.1) is 0 Å². The summed E-state index contributed by atoms with van der Waals surface area (Å²) in [4.78, 5) is 17.6. The minimum atomic E-state index is -0.222. The number of hydrogen-bond donors (Lipinski definition) is 2. The highest BCUT2D eigenvalue weighted by Gasteiger charge is 2.37. The van der Waals surface area contributed by atoms with Gasteiger partial charge >= 0.3 is 0 Å². The molecular formula is C21H25ClN4O. The standard InChI is InChI=1S/C21H25ClN4O/c1-25-11-12-26(20(14-25)16-5-3-2-4-6-16)21(27)19-13-18(23-24-19)15-7-9-17(22)10-8-15/h2-10,18-20,23-24H,11-14H2,1H3. The average molecular weight is 385 g/mol. The molecule has 3 atom stereocenters. The number of rotatable bonds is 3. The first-order valence-electron chi connectivity index (χ1n) is 9.42. The van der Waals surface area contributed by atoms with Crippen molar-refractivity contribution in [3.8, 4) is 0 Å². The van der Waals surface area contributed by atoms with Crippen LogP contribution in [0.3, 0.4) is 0 Å². The summed E-state index contributed by atoms with van der Waals surface area (Å²) in [5, 5.41) is 0.723. The summed E-state index contributed by atoms with van der Waals surface area (Å²) in [6, 6.07) is 18.1. The second-order valence-corrected chi connectivity index (χ2v) is 7.84. The Morgan fingerprint density at radius 1 is 1.00 bits per heavy atom. The van der Waals surface area contributed by atoms with E-state index in [0.717, 1.165) is 36.6 Å². The highest BCUT2D eigenvalue weighted by molar-refractivity contribution is 6.30. The van der Waals surface area contributed by atoms with Crippen LogP contribution >= 0.6 is 11.6 Å². The van der Waals surface area contributed by atoms with Gasteiger partial charge in [-0.25, -0.2) is 10.9 Å². The van der Waals surface area contributed by atoms with Crippen molar-refractivity contribution in [3.63, 3.8) is 0 Å². The zero-order valence-corrected chi connectivity index (χ0v) is 16.2. The molecule has 27 heavy (non-hydrogen) atoms. The molecule has 2 fully saturated rings. The van der Waals surface area contributed by atoms with Gasteiger partial charge in [-0.1, -0.05) is 54.1 Å². The topological polar surface area (TPSA) is 47.6 Å². The Balaban J connectivity index is 1.48. The Bertz CT molecular complexity index is 783. The number of hydrazine groups is 1. The van der Waals surface area contributed by atoms with Crippen LogP contribution in [0.25, 0.3) is 0 Å². The SMILES string of the molecule is CN1CCN(C(=O)C2CC(c3ccc(Cl)cc3)NN2)C(c2ccccc2)C1. The summed E-state index contributed by atoms with van der Waals surface area (Å²) in [6.07, 6.45) is 0.730. The number of nitrogens with one attached hydrogen (secondary N) is 2. The molecule has 2 aliphatic heterocycles. The smallest absolute Gasteiger partial charge is 0.241 e. The van der Waals surface area contributed by atoms with Crippen molar-refractivity contribution in [2.45, 2.75) is 24.5 Å². The quantitative estimate of drug-likeness (QED) is 0.854. The maximum Gasteiger partial charge on any atom is 0.241 e. The van der Waals surface area contributed by atoms with Gasteiger partial charge in [0.2, 0.25) is 5.91 Å². The maximum atomic E-state index is 13.3. The van der Waals surface area contributed by atoms with Crippen molar-refractivity contribution in [2.24, 2.45) is 0 Å². The van der Waals surface area contributed by atoms with Gasteiger partial charge < -0.3 is 9.80 Å². The molecule has 0 radical (unpaired) electrons. The molecule has 2 saturated heterocycles. The van der Waals surface area contributed by atoms with E-state index in [0.29, 0.717) is 0 Å². The van der Waals surface area contributed by atoms with Crippen LogP contribution in [0.5, 0.6) is 0 Å². The zero-order valence-electron chi connectivity index (χ0n) is 15.4. The van der Waals surface area contributed by atoms with Crippen LogP contribution in [-0.4, -0.2) is 48.4 Å². The average Bonchev–Trinajstić information content (AvgIpc) is 3.19. The lowest BCUT2D eigenvalue weighted by molar-refractivity contribution is -0.138. The summed E-state index contributed by atoms with van der Waals surface area (Å²) in [7, 11) is 2.11. The van der Waals surface area contributed by atoms with Gasteiger partial charge in [0.25, 0.3) is 0 Å². The molecule has 2 aliphatic rings. The second kappa shape index (κ2) is 7.98. The third kappa shape index (κ3) is 4.01. The highest BCUT2D eigenvalue weighted by atomic mass is 35.5. The Kier molecular flexibility index (Phi) is 5.45. The van der Waals surface area contributed by atoms with E-state index in [1.807, 2.05) is 47.4 Å². The number of amides is 1. The molecule has 2 heterocycles. The van der Waals surface area contributed by atoms with Crippen molar-refractivity contribution in [2.75, 3.05) is 26.7 Å². The van der Waals surface area contributed by atoms with E-state index in [1.54, 1.807) is 0 Å². The number of benzene rings is 2. The van der Waals surface area contributed by atoms with Gasteiger partial charge in [0, 0.05) is 30.7 Å². The third-order valence-electron chi connectivity index (χ3n) is 5.52. The van der Waals surface area contributed by atoms with Crippen molar-refractivity contribution in [1.29, 1.82) is 0 Å². The largest absolute Gasteiger partial charge is 0.332 e. The van der Waals surface area contributed by atoms with E-state index in [4.69, 9.17) is 11.6 Å². The van der Waals surface area contributed by atoms with Crippen LogP contribution in [0.1, 0.15) is 29.6 Å². The van der Waals surface area contributed by atoms with Crippen molar-refractivity contribution >= 4 is 17.5 Å². The second-order valence-electron chi connectivity index (χ2n) is 7.40. The first kappa shape index (κ1) is 18.4. The maximum absolute atomic E-state index is 13.3. The lowest BCUT2D eigenvalue weighted by atomic mass is 9.98. The Hall–Kier alpha value is -1.92. The summed E-state index contributed by atoms with van der Waals surface area (Å²) < 4.78 is 0. The first-order chi connectivity index (χ1) is 13.1. The summed E-state index contributed by atoms with van der Waals surface area (Å²) >= 11 is 5.98. The fraction of sp³-hybridized carbons (Fsp3) is 0.381. The third-order valence-corrected chi connectivity index (χ3v) is 5.78. The van der Waals surface area contributed by atoms with Gasteiger partial charge in [-0.2, -0.15) is 0 Å². The van der Waals surface area contributed by atoms with Gasteiger partial charge in [-0.05, 0) is 36.7 Å². The Morgan fingerprint density at radius 3 is 2.48 bits per heavy atom. The molecule has 3 unspecified atom stereocenters. The van der Waals surface area contributed by atoms with Crippen molar-refractivity contribution < 1.29 is 4.79 Å². The van der Waals surface area contributed by atoms with E-state index >= 15 is 0 Å². The van der Waals surface area contributed by atoms with Crippen molar-refractivity contribution in [1.82, 2.24) is 20.7 Å². The van der Waals surface area contributed by atoms with Crippen molar-refractivity contribution in [3.05, 3.63) is 70.7 Å². The number of carbonyl (C=O) groups excluding carboxylic acids is 1. The van der Waals surface area contributed by atoms with Crippen LogP contribution in [-0.2, 0) is 4.79 Å². The number of hydrogen-bond acceptors (Lipinski definition) is 4. The lowest BCUT2D eigenvalue weighted by Crippen LogP contribution is -2.54. The van der Waals surface area contributed by atoms with Crippen LogP contribution in [0.4, 0.5) is 0 Å². The molecule has 1 amide bonds. The van der Waals surface area contributed by atoms with Gasteiger partial charge in [0.1, 0.15) is 6.04 Å². The zero-order chi connectivity index (χ0) is 18.8. The molecule has 6 heteroatoms. The number of piperazine rings is 1. The predicted octanol–water partition coefficient (Wildman–Crippen LogP) is 2.76. The molecule has 0 spiro atoms. The number of nitrogens with zero attached hydrogens (tertiary/aromatic N) is 2. The van der Waals surface area contributed by atoms with E-state index in [9.17, 15) is 4.79 Å². The van der Waals surface area contributed by atoms with E-state index in [1.165, 1.54) is 5.56 Å². The minimum absolute atomic E-state index is 0.0915. The highest BCUT2D eigenvalue weighted by Crippen LogP contribution is 2.29. The van der Waals surface area contributed by atoms with E-state index in [2.05, 4.69) is 34.9 Å². The molecule has 0 saturated carbocycles. The fourth-order valence-electron chi connectivity index (χ4n) is 3.98. The van der Waals surface area contributed by atoms with Crippen LogP contribution in [0, 0.1) is 0 Å². The Morgan fingerprint density at radius 2 is 1.74 bits per heavy atom. The van der Waals surface area contributed by atoms with E-state index < -0.39 is 0 Å². The predicted molar refractivity (Wildman–Crippen MR) is 107 cm³/mol. The van der Waals surface area contributed by atoms with Crippen LogP contribution < -0.4 is 10.9 Å². The molecule has 2 aromatic rings. The molecule has 4 rings (SSSR count). The number of likely N-dealkylation sites (N-methyl/N-ethyl adjacent to an activating group) is 1. The summed E-state index contributed by atoms with van der Waals surface area (Å²) in [6.45, 7) is 2.50. The molecule has 2 N–H and O–H groups in total. The Labute approximate surface area is 165 Å². The van der Waals surface area contributed by atoms with Gasteiger partial charge in [0.15, 0.2) is 0 Å². The van der Waals surface area contributed by atoms with Crippen LogP contribution in [0.15, 0.2) is 54.6 Å². The first-order valence-corrected chi connectivity index (χ1v) is 9.80. The van der Waals surface area contributed by atoms with Gasteiger partial charge in [-0.3, -0.25) is 4.79 Å².